The molecule has 2 bridgehead atoms. The lowest BCUT2D eigenvalue weighted by molar-refractivity contribution is 0.0231. The van der Waals surface area contributed by atoms with Gasteiger partial charge in [-0.1, -0.05) is 30.2 Å². The molecule has 13 heteroatoms. The number of piperazine rings is 1. The molecule has 4 atom stereocenters. The first kappa shape index (κ1) is 31.2. The summed E-state index contributed by atoms with van der Waals surface area (Å²) in [6.07, 6.45) is 7.60. The molecule has 4 fully saturated rings. The molecule has 4 unspecified atom stereocenters. The number of rotatable bonds is 6. The number of halogens is 2. The van der Waals surface area contributed by atoms with Crippen LogP contribution in [-0.4, -0.2) is 106 Å². The average molecular weight is 683 g/mol. The molecule has 1 aliphatic carbocycles. The zero-order valence-electron chi connectivity index (χ0n) is 27.6. The number of anilines is 1. The Kier molecular flexibility index (Phi) is 7.26. The lowest BCUT2D eigenvalue weighted by atomic mass is 9.96. The molecule has 2 aromatic carbocycles. The number of carbonyl (C=O) groups is 1. The average Bonchev–Trinajstić information content (AvgIpc) is 3.83. The summed E-state index contributed by atoms with van der Waals surface area (Å²) in [6.45, 7) is 6.60. The van der Waals surface area contributed by atoms with Crippen molar-refractivity contribution in [1.82, 2.24) is 24.8 Å². The highest BCUT2D eigenvalue weighted by atomic mass is 19.1. The number of aromatic nitrogens is 3. The minimum atomic E-state index is -0.975. The Morgan fingerprint density at radius 3 is 2.70 bits per heavy atom. The van der Waals surface area contributed by atoms with E-state index in [2.05, 4.69) is 15.8 Å². The van der Waals surface area contributed by atoms with Gasteiger partial charge < -0.3 is 24.2 Å². The Hall–Kier alpha value is -4.80. The van der Waals surface area contributed by atoms with E-state index < -0.39 is 29.9 Å². The summed E-state index contributed by atoms with van der Waals surface area (Å²) in [7, 11) is 0. The Labute approximate surface area is 287 Å². The number of pyridine rings is 1. The number of terminal acetylenes is 1. The van der Waals surface area contributed by atoms with Crippen molar-refractivity contribution in [2.75, 3.05) is 50.9 Å². The van der Waals surface area contributed by atoms with E-state index in [1.807, 2.05) is 11.8 Å². The normalized spacial score (nSPS) is 25.2. The van der Waals surface area contributed by atoms with Crippen LogP contribution < -0.4 is 14.4 Å². The molecular formula is C37H36F2N6O5. The molecule has 4 aromatic rings. The second kappa shape index (κ2) is 11.6. The van der Waals surface area contributed by atoms with Gasteiger partial charge in [-0.2, -0.15) is 9.97 Å². The lowest BCUT2D eigenvalue weighted by Gasteiger charge is -2.47. The van der Waals surface area contributed by atoms with E-state index in [0.29, 0.717) is 61.4 Å². The third-order valence-corrected chi connectivity index (χ3v) is 11.2. The minimum Gasteiger partial charge on any atom is -0.472 e. The number of benzene rings is 2. The van der Waals surface area contributed by atoms with Crippen LogP contribution in [0.2, 0.25) is 0 Å². The molecule has 1 amide bonds. The highest BCUT2D eigenvalue weighted by Crippen LogP contribution is 2.49. The Morgan fingerprint density at radius 1 is 1.12 bits per heavy atom. The predicted molar refractivity (Wildman–Crippen MR) is 180 cm³/mol. The maximum absolute atomic E-state index is 17.2. The standard InChI is InChI=1S/C37H36F2N6O5/c1-3-23-25(38)9-7-21-5-4-6-24(27(21)23)30-29(39)31-28-33(42-35(41-31)49-19-37(11-12-37)18-43-13-15-48-16-14-43)44-17-22-8-10-26(45(22)36(46)47)32(44)20(2)50-34(28)40-30/h1,4-7,9,20,22,26,32H,8,10-19H2,2H3,(H,46,47). The van der Waals surface area contributed by atoms with Gasteiger partial charge in [-0.25, -0.2) is 18.6 Å². The highest BCUT2D eigenvalue weighted by molar-refractivity contribution is 6.03. The van der Waals surface area contributed by atoms with Gasteiger partial charge >= 0.3 is 12.1 Å². The number of carboxylic acid groups (broad SMARTS) is 1. The van der Waals surface area contributed by atoms with E-state index >= 15 is 8.78 Å². The molecule has 258 valence electrons. The quantitative estimate of drug-likeness (QED) is 0.277. The smallest absolute Gasteiger partial charge is 0.407 e. The van der Waals surface area contributed by atoms with Crippen molar-refractivity contribution < 1.29 is 32.9 Å². The van der Waals surface area contributed by atoms with E-state index in [4.69, 9.17) is 30.6 Å². The molecule has 9 rings (SSSR count). The molecule has 1 saturated carbocycles. The third kappa shape index (κ3) is 4.91. The maximum atomic E-state index is 17.2. The first-order chi connectivity index (χ1) is 24.2. The van der Waals surface area contributed by atoms with Crippen LogP contribution in [0.3, 0.4) is 0 Å². The van der Waals surface area contributed by atoms with Crippen molar-refractivity contribution in [2.45, 2.75) is 56.8 Å². The van der Waals surface area contributed by atoms with Crippen LogP contribution >= 0.6 is 0 Å². The van der Waals surface area contributed by atoms with Crippen LogP contribution in [0.15, 0.2) is 30.3 Å². The number of ether oxygens (including phenoxy) is 3. The Morgan fingerprint density at radius 2 is 1.94 bits per heavy atom. The van der Waals surface area contributed by atoms with Crippen LogP contribution in [0.4, 0.5) is 19.4 Å². The molecule has 11 nitrogen and oxygen atoms in total. The number of fused-ring (bicyclic) bond motifs is 6. The fraction of sp³-hybridized carbons (Fsp3) is 0.459. The molecule has 2 aromatic heterocycles. The topological polar surface area (TPSA) is 113 Å². The van der Waals surface area contributed by atoms with Crippen LogP contribution in [0.25, 0.3) is 32.9 Å². The van der Waals surface area contributed by atoms with Crippen LogP contribution in [0, 0.1) is 29.4 Å². The second-order valence-electron chi connectivity index (χ2n) is 14.2. The zero-order valence-corrected chi connectivity index (χ0v) is 27.6. The first-order valence-electron chi connectivity index (χ1n) is 17.2. The number of amides is 1. The summed E-state index contributed by atoms with van der Waals surface area (Å²) in [5, 5.41) is 11.4. The monoisotopic (exact) mass is 682 g/mol. The van der Waals surface area contributed by atoms with Gasteiger partial charge in [0.05, 0.1) is 43.5 Å². The van der Waals surface area contributed by atoms with E-state index in [1.165, 1.54) is 11.0 Å². The summed E-state index contributed by atoms with van der Waals surface area (Å²) in [5.41, 5.74) is 0.109. The molecule has 1 N–H and O–H groups in total. The van der Waals surface area contributed by atoms with Crippen LogP contribution in [0.1, 0.15) is 38.2 Å². The molecule has 3 saturated heterocycles. The highest BCUT2D eigenvalue weighted by Gasteiger charge is 2.53. The van der Waals surface area contributed by atoms with Crippen molar-refractivity contribution in [3.63, 3.8) is 0 Å². The summed E-state index contributed by atoms with van der Waals surface area (Å²) in [4.78, 5) is 32.7. The maximum Gasteiger partial charge on any atom is 0.407 e. The number of hydrogen-bond acceptors (Lipinski definition) is 9. The third-order valence-electron chi connectivity index (χ3n) is 11.2. The molecule has 50 heavy (non-hydrogen) atoms. The van der Waals surface area contributed by atoms with Gasteiger partial charge in [0, 0.05) is 42.5 Å². The van der Waals surface area contributed by atoms with Gasteiger partial charge in [-0.05, 0) is 44.1 Å². The zero-order chi connectivity index (χ0) is 34.3. The van der Waals surface area contributed by atoms with Crippen LogP contribution in [-0.2, 0) is 4.74 Å². The van der Waals surface area contributed by atoms with Crippen molar-refractivity contribution in [3.8, 4) is 35.5 Å². The predicted octanol–water partition coefficient (Wildman–Crippen LogP) is 5.08. The molecular weight excluding hydrogens is 646 g/mol. The largest absolute Gasteiger partial charge is 0.472 e. The number of nitrogens with zero attached hydrogens (tertiary/aromatic N) is 6. The minimum absolute atomic E-state index is 0.00358. The molecule has 0 radical (unpaired) electrons. The summed E-state index contributed by atoms with van der Waals surface area (Å²) >= 11 is 0. The lowest BCUT2D eigenvalue weighted by Crippen LogP contribution is -2.64. The van der Waals surface area contributed by atoms with Crippen molar-refractivity contribution in [3.05, 3.63) is 47.5 Å². The van der Waals surface area contributed by atoms with E-state index in [9.17, 15) is 9.90 Å². The van der Waals surface area contributed by atoms with Crippen molar-refractivity contribution in [2.24, 2.45) is 5.41 Å². The van der Waals surface area contributed by atoms with Gasteiger partial charge in [-0.3, -0.25) is 9.80 Å². The Balaban J connectivity index is 1.20. The summed E-state index contributed by atoms with van der Waals surface area (Å²) in [6, 6.07) is 7.05. The van der Waals surface area contributed by atoms with Gasteiger partial charge in [-0.15, -0.1) is 6.42 Å². The fourth-order valence-corrected chi connectivity index (χ4v) is 8.63. The first-order valence-corrected chi connectivity index (χ1v) is 17.2. The SMILES string of the molecule is C#Cc1c(F)ccc2cccc(-c3nc4c5c(nc(OCC6(CN7CCOCC7)CC6)nc5c3F)N3CC5CCC(C3C(C)O4)N5C(=O)O)c12. The van der Waals surface area contributed by atoms with Crippen molar-refractivity contribution in [1.29, 1.82) is 0 Å². The fourth-order valence-electron chi connectivity index (χ4n) is 8.63. The summed E-state index contributed by atoms with van der Waals surface area (Å²) < 4.78 is 50.6. The van der Waals surface area contributed by atoms with E-state index in [-0.39, 0.29) is 51.5 Å². The molecule has 6 heterocycles. The Bertz CT molecular complexity index is 2100. The van der Waals surface area contributed by atoms with E-state index in [1.54, 1.807) is 24.3 Å². The van der Waals surface area contributed by atoms with Gasteiger partial charge in [0.25, 0.3) is 0 Å². The molecule has 4 aliphatic heterocycles. The van der Waals surface area contributed by atoms with Crippen LogP contribution in [0.5, 0.6) is 11.9 Å². The van der Waals surface area contributed by atoms with Gasteiger partial charge in [0.1, 0.15) is 34.3 Å². The number of morpholine rings is 1. The number of hydrogen-bond donors (Lipinski definition) is 1. The van der Waals surface area contributed by atoms with Gasteiger partial charge in [0.2, 0.25) is 5.88 Å². The van der Waals surface area contributed by atoms with E-state index in [0.717, 1.165) is 32.5 Å². The van der Waals surface area contributed by atoms with Gasteiger partial charge in [0.15, 0.2) is 5.82 Å². The van der Waals surface area contributed by atoms with Crippen molar-refractivity contribution >= 4 is 33.6 Å². The second-order valence-corrected chi connectivity index (χ2v) is 14.2. The molecule has 5 aliphatic rings. The summed E-state index contributed by atoms with van der Waals surface area (Å²) in [5.74, 6) is 1.61. The molecule has 0 spiro atoms.